The third-order valence-corrected chi connectivity index (χ3v) is 4.01. The van der Waals surface area contributed by atoms with Gasteiger partial charge in [-0.15, -0.1) is 0 Å². The Hall–Kier alpha value is -1.08. The molecule has 1 aromatic rings. The summed E-state index contributed by atoms with van der Waals surface area (Å²) in [7, 11) is 0. The Kier molecular flexibility index (Phi) is 4.39. The maximum Gasteiger partial charge on any atom is 0.417 e. The van der Waals surface area contributed by atoms with E-state index >= 15 is 0 Å². The Morgan fingerprint density at radius 2 is 2.10 bits per heavy atom. The van der Waals surface area contributed by atoms with Crippen LogP contribution in [0.25, 0.3) is 0 Å². The van der Waals surface area contributed by atoms with Crippen LogP contribution in [0.15, 0.2) is 22.7 Å². The van der Waals surface area contributed by atoms with Crippen molar-refractivity contribution in [2.24, 2.45) is 0 Å². The van der Waals surface area contributed by atoms with Crippen LogP contribution in [-0.2, 0) is 6.18 Å². The number of benzene rings is 1. The monoisotopic (exact) mass is 350 g/mol. The highest BCUT2D eigenvalue weighted by molar-refractivity contribution is 9.10. The number of likely N-dealkylation sites (N-methyl/N-ethyl adjacent to an activating group) is 1. The molecule has 1 aliphatic heterocycles. The van der Waals surface area contributed by atoms with E-state index in [0.29, 0.717) is 19.6 Å². The molecule has 7 heteroatoms. The molecule has 110 valence electrons. The predicted molar refractivity (Wildman–Crippen MR) is 72.5 cm³/mol. The maximum absolute atomic E-state index is 12.8. The molecule has 0 saturated carbocycles. The van der Waals surface area contributed by atoms with Crippen molar-refractivity contribution in [2.75, 3.05) is 19.6 Å². The van der Waals surface area contributed by atoms with E-state index in [0.717, 1.165) is 6.07 Å². The minimum absolute atomic E-state index is 0.0603. The highest BCUT2D eigenvalue weighted by Crippen LogP contribution is 2.35. The van der Waals surface area contributed by atoms with E-state index in [1.807, 2.05) is 6.92 Å². The molecular formula is C13H14BrF3N2O. The number of nitrogens with one attached hydrogen (secondary N) is 1. The minimum Gasteiger partial charge on any atom is -0.333 e. The number of amides is 1. The Morgan fingerprint density at radius 1 is 1.45 bits per heavy atom. The number of nitrogens with zero attached hydrogens (tertiary/aromatic N) is 1. The molecule has 0 spiro atoms. The molecule has 1 saturated heterocycles. The maximum atomic E-state index is 12.8. The van der Waals surface area contributed by atoms with Gasteiger partial charge in [0.15, 0.2) is 0 Å². The minimum atomic E-state index is -4.48. The molecule has 2 rings (SSSR count). The summed E-state index contributed by atoms with van der Waals surface area (Å²) < 4.78 is 38.5. The van der Waals surface area contributed by atoms with E-state index in [1.54, 1.807) is 4.90 Å². The van der Waals surface area contributed by atoms with Crippen molar-refractivity contribution >= 4 is 21.8 Å². The van der Waals surface area contributed by atoms with Gasteiger partial charge in [-0.2, -0.15) is 13.2 Å². The Labute approximate surface area is 123 Å². The van der Waals surface area contributed by atoms with Gasteiger partial charge in [0.25, 0.3) is 5.91 Å². The van der Waals surface area contributed by atoms with Crippen LogP contribution in [0.5, 0.6) is 0 Å². The van der Waals surface area contributed by atoms with E-state index in [2.05, 4.69) is 21.2 Å². The molecule has 3 nitrogen and oxygen atoms in total. The average molecular weight is 351 g/mol. The fourth-order valence-electron chi connectivity index (χ4n) is 2.10. The van der Waals surface area contributed by atoms with Crippen LogP contribution in [-0.4, -0.2) is 36.5 Å². The van der Waals surface area contributed by atoms with E-state index < -0.39 is 11.7 Å². The number of rotatable bonds is 3. The topological polar surface area (TPSA) is 32.3 Å². The molecule has 1 fully saturated rings. The second-order valence-corrected chi connectivity index (χ2v) is 5.45. The number of hydrogen-bond acceptors (Lipinski definition) is 2. The molecule has 1 amide bonds. The molecule has 1 aromatic carbocycles. The molecule has 0 bridgehead atoms. The van der Waals surface area contributed by atoms with Gasteiger partial charge >= 0.3 is 6.18 Å². The highest BCUT2D eigenvalue weighted by Gasteiger charge is 2.35. The fraction of sp³-hybridized carbons (Fsp3) is 0.462. The standard InChI is InChI=1S/C13H14BrF3N2O/c1-2-19(9-6-18-7-9)12(20)8-3-4-11(14)10(5-8)13(15,16)17/h3-5,9,18H,2,6-7H2,1H3. The van der Waals surface area contributed by atoms with Crippen LogP contribution >= 0.6 is 15.9 Å². The molecule has 0 atom stereocenters. The van der Waals surface area contributed by atoms with Crippen LogP contribution in [0.2, 0.25) is 0 Å². The zero-order valence-corrected chi connectivity index (χ0v) is 12.4. The van der Waals surface area contributed by atoms with Gasteiger partial charge in [0.05, 0.1) is 11.6 Å². The molecule has 1 N–H and O–H groups in total. The van der Waals surface area contributed by atoms with Crippen LogP contribution in [0.4, 0.5) is 13.2 Å². The summed E-state index contributed by atoms with van der Waals surface area (Å²) in [6.07, 6.45) is -4.48. The molecule has 0 aliphatic carbocycles. The smallest absolute Gasteiger partial charge is 0.333 e. The van der Waals surface area contributed by atoms with Gasteiger partial charge in [-0.1, -0.05) is 15.9 Å². The zero-order valence-electron chi connectivity index (χ0n) is 10.8. The molecule has 0 radical (unpaired) electrons. The quantitative estimate of drug-likeness (QED) is 0.908. The van der Waals surface area contributed by atoms with Crippen molar-refractivity contribution < 1.29 is 18.0 Å². The van der Waals surface area contributed by atoms with Crippen LogP contribution in [0, 0.1) is 0 Å². The lowest BCUT2D eigenvalue weighted by atomic mass is 10.1. The zero-order chi connectivity index (χ0) is 14.9. The molecule has 1 aliphatic rings. The Bertz CT molecular complexity index is 515. The molecule has 1 heterocycles. The van der Waals surface area contributed by atoms with Gasteiger partial charge in [0.2, 0.25) is 0 Å². The van der Waals surface area contributed by atoms with Crippen molar-refractivity contribution in [3.63, 3.8) is 0 Å². The first-order chi connectivity index (χ1) is 9.34. The fourth-order valence-corrected chi connectivity index (χ4v) is 2.57. The van der Waals surface area contributed by atoms with E-state index in [9.17, 15) is 18.0 Å². The number of carbonyl (C=O) groups is 1. The summed E-state index contributed by atoms with van der Waals surface area (Å²) in [5.74, 6) is -0.364. The SMILES string of the molecule is CCN(C(=O)c1ccc(Br)c(C(F)(F)F)c1)C1CNC1. The van der Waals surface area contributed by atoms with Crippen molar-refractivity contribution in [2.45, 2.75) is 19.1 Å². The van der Waals surface area contributed by atoms with E-state index in [4.69, 9.17) is 0 Å². The van der Waals surface area contributed by atoms with Crippen molar-refractivity contribution in [1.29, 1.82) is 0 Å². The Balaban J connectivity index is 2.30. The average Bonchev–Trinajstić information content (AvgIpc) is 2.31. The summed E-state index contributed by atoms with van der Waals surface area (Å²) in [4.78, 5) is 13.9. The van der Waals surface area contributed by atoms with Gasteiger partial charge in [-0.25, -0.2) is 0 Å². The van der Waals surface area contributed by atoms with Crippen molar-refractivity contribution in [3.8, 4) is 0 Å². The number of alkyl halides is 3. The highest BCUT2D eigenvalue weighted by atomic mass is 79.9. The summed E-state index contributed by atoms with van der Waals surface area (Å²) in [5.41, 5.74) is -0.764. The second kappa shape index (κ2) is 5.73. The first kappa shape index (κ1) is 15.3. The lowest BCUT2D eigenvalue weighted by Crippen LogP contribution is -2.58. The third-order valence-electron chi connectivity index (χ3n) is 3.32. The summed E-state index contributed by atoms with van der Waals surface area (Å²) >= 11 is 2.87. The van der Waals surface area contributed by atoms with Gasteiger partial charge in [-0.3, -0.25) is 4.79 Å². The molecular weight excluding hydrogens is 337 g/mol. The largest absolute Gasteiger partial charge is 0.417 e. The first-order valence-corrected chi connectivity index (χ1v) is 7.02. The van der Waals surface area contributed by atoms with Crippen LogP contribution in [0.3, 0.4) is 0 Å². The van der Waals surface area contributed by atoms with E-state index in [1.165, 1.54) is 12.1 Å². The van der Waals surface area contributed by atoms with Crippen LogP contribution < -0.4 is 5.32 Å². The van der Waals surface area contributed by atoms with Gasteiger partial charge in [0, 0.05) is 29.7 Å². The second-order valence-electron chi connectivity index (χ2n) is 4.60. The van der Waals surface area contributed by atoms with Crippen LogP contribution in [0.1, 0.15) is 22.8 Å². The third kappa shape index (κ3) is 2.98. The van der Waals surface area contributed by atoms with Crippen molar-refractivity contribution in [1.82, 2.24) is 10.2 Å². The lowest BCUT2D eigenvalue weighted by molar-refractivity contribution is -0.138. The van der Waals surface area contributed by atoms with Gasteiger partial charge in [0.1, 0.15) is 0 Å². The number of hydrogen-bond donors (Lipinski definition) is 1. The van der Waals surface area contributed by atoms with E-state index in [-0.39, 0.29) is 22.0 Å². The van der Waals surface area contributed by atoms with Crippen molar-refractivity contribution in [3.05, 3.63) is 33.8 Å². The number of carbonyl (C=O) groups excluding carboxylic acids is 1. The Morgan fingerprint density at radius 3 is 2.55 bits per heavy atom. The number of halogens is 4. The summed E-state index contributed by atoms with van der Waals surface area (Å²) in [5, 5.41) is 3.05. The molecule has 20 heavy (non-hydrogen) atoms. The normalized spacial score (nSPS) is 15.8. The molecule has 0 unspecified atom stereocenters. The molecule has 0 aromatic heterocycles. The van der Waals surface area contributed by atoms with Gasteiger partial charge in [-0.05, 0) is 25.1 Å². The first-order valence-electron chi connectivity index (χ1n) is 6.23. The summed E-state index contributed by atoms with van der Waals surface area (Å²) in [6.45, 7) is 3.66. The lowest BCUT2D eigenvalue weighted by Gasteiger charge is -2.37. The predicted octanol–water partition coefficient (Wildman–Crippen LogP) is 2.90. The van der Waals surface area contributed by atoms with Gasteiger partial charge < -0.3 is 10.2 Å². The summed E-state index contributed by atoms with van der Waals surface area (Å²) in [6, 6.07) is 3.64.